The summed E-state index contributed by atoms with van der Waals surface area (Å²) in [5.74, 6) is -3.50. The van der Waals surface area contributed by atoms with Gasteiger partial charge in [-0.25, -0.2) is 4.39 Å². The minimum Gasteiger partial charge on any atom is -0.295 e. The molecule has 1 saturated heterocycles. The molecule has 1 aromatic carbocycles. The second-order valence-electron chi connectivity index (χ2n) is 4.61. The fraction of sp³-hybridized carbons (Fsp3) is 0.333. The van der Waals surface area contributed by atoms with Gasteiger partial charge in [0.15, 0.2) is 0 Å². The minimum absolute atomic E-state index is 0.0340. The van der Waals surface area contributed by atoms with Crippen LogP contribution in [0, 0.1) is 5.82 Å². The lowest BCUT2D eigenvalue weighted by atomic mass is 10.0. The van der Waals surface area contributed by atoms with Gasteiger partial charge in [0.2, 0.25) is 11.8 Å². The van der Waals surface area contributed by atoms with Gasteiger partial charge in [-0.3, -0.25) is 29.4 Å². The smallest absolute Gasteiger partial charge is 0.265 e. The molecule has 0 spiro atoms. The summed E-state index contributed by atoms with van der Waals surface area (Å²) in [7, 11) is 0. The summed E-state index contributed by atoms with van der Waals surface area (Å²) in [5.41, 5.74) is -0.373. The highest BCUT2D eigenvalue weighted by molar-refractivity contribution is 6.23. The molecule has 0 aliphatic carbocycles. The molecule has 1 aromatic rings. The average molecular weight is 306 g/mol. The van der Waals surface area contributed by atoms with Crippen LogP contribution in [0.15, 0.2) is 18.2 Å². The van der Waals surface area contributed by atoms with Crippen molar-refractivity contribution in [2.45, 2.75) is 32.7 Å². The van der Waals surface area contributed by atoms with Crippen molar-refractivity contribution in [1.29, 1.82) is 0 Å². The van der Waals surface area contributed by atoms with Crippen LogP contribution in [-0.2, 0) is 9.59 Å². The van der Waals surface area contributed by atoms with E-state index in [0.717, 1.165) is 11.0 Å². The third-order valence-electron chi connectivity index (χ3n) is 3.42. The normalized spacial score (nSPS) is 20.3. The number of hydrogen-bond acceptors (Lipinski definition) is 4. The van der Waals surface area contributed by atoms with Gasteiger partial charge in [0.1, 0.15) is 11.9 Å². The molecule has 0 radical (unpaired) electrons. The number of amides is 4. The molecule has 1 N–H and O–H groups in total. The first-order valence-electron chi connectivity index (χ1n) is 7.01. The third kappa shape index (κ3) is 2.38. The summed E-state index contributed by atoms with van der Waals surface area (Å²) in [6, 6.07) is 2.68. The van der Waals surface area contributed by atoms with Crippen molar-refractivity contribution in [3.63, 3.8) is 0 Å². The highest BCUT2D eigenvalue weighted by Crippen LogP contribution is 2.28. The van der Waals surface area contributed by atoms with Crippen LogP contribution in [0.25, 0.3) is 0 Å². The maximum Gasteiger partial charge on any atom is 0.265 e. The van der Waals surface area contributed by atoms with Gasteiger partial charge >= 0.3 is 0 Å². The Bertz CT molecular complexity index is 672. The van der Waals surface area contributed by atoms with E-state index in [2.05, 4.69) is 5.32 Å². The highest BCUT2D eigenvalue weighted by atomic mass is 19.1. The van der Waals surface area contributed by atoms with Crippen LogP contribution in [0.1, 0.15) is 47.4 Å². The molecular weight excluding hydrogens is 291 g/mol. The topological polar surface area (TPSA) is 83.6 Å². The maximum atomic E-state index is 13.7. The summed E-state index contributed by atoms with van der Waals surface area (Å²) in [4.78, 5) is 47.9. The number of carbonyl (C=O) groups is 4. The Kier molecular flexibility index (Phi) is 4.35. The molecule has 2 heterocycles. The lowest BCUT2D eigenvalue weighted by molar-refractivity contribution is -0.136. The molecule has 3 rings (SSSR count). The Morgan fingerprint density at radius 1 is 1.14 bits per heavy atom. The lowest BCUT2D eigenvalue weighted by Gasteiger charge is -2.27. The third-order valence-corrected chi connectivity index (χ3v) is 3.42. The van der Waals surface area contributed by atoms with Gasteiger partial charge in [0, 0.05) is 6.42 Å². The van der Waals surface area contributed by atoms with E-state index < -0.39 is 35.5 Å². The SMILES string of the molecule is CC.O=C1CCC(N2C(=O)c3cccc(F)c3C2=O)C(=O)N1. The van der Waals surface area contributed by atoms with E-state index in [1.165, 1.54) is 12.1 Å². The molecule has 4 amide bonds. The largest absolute Gasteiger partial charge is 0.295 e. The molecule has 7 heteroatoms. The molecule has 0 bridgehead atoms. The van der Waals surface area contributed by atoms with E-state index in [1.807, 2.05) is 13.8 Å². The van der Waals surface area contributed by atoms with E-state index >= 15 is 0 Å². The van der Waals surface area contributed by atoms with E-state index in [9.17, 15) is 23.6 Å². The van der Waals surface area contributed by atoms with Crippen molar-refractivity contribution >= 4 is 23.6 Å². The van der Waals surface area contributed by atoms with Crippen molar-refractivity contribution in [3.05, 3.63) is 35.1 Å². The Morgan fingerprint density at radius 3 is 2.41 bits per heavy atom. The molecule has 2 aliphatic rings. The molecule has 1 atom stereocenters. The van der Waals surface area contributed by atoms with Crippen LogP contribution in [0.3, 0.4) is 0 Å². The van der Waals surface area contributed by atoms with Gasteiger partial charge < -0.3 is 0 Å². The Balaban J connectivity index is 0.000000847. The summed E-state index contributed by atoms with van der Waals surface area (Å²) in [6.45, 7) is 4.00. The number of nitrogens with zero attached hydrogens (tertiary/aromatic N) is 1. The van der Waals surface area contributed by atoms with Gasteiger partial charge in [-0.2, -0.15) is 0 Å². The van der Waals surface area contributed by atoms with Crippen LogP contribution in [-0.4, -0.2) is 34.6 Å². The molecule has 22 heavy (non-hydrogen) atoms. The van der Waals surface area contributed by atoms with Crippen LogP contribution in [0.5, 0.6) is 0 Å². The monoisotopic (exact) mass is 306 g/mol. The number of hydrogen-bond donors (Lipinski definition) is 1. The van der Waals surface area contributed by atoms with E-state index in [4.69, 9.17) is 0 Å². The fourth-order valence-corrected chi connectivity index (χ4v) is 2.47. The zero-order chi connectivity index (χ0) is 16.4. The van der Waals surface area contributed by atoms with Gasteiger partial charge in [-0.05, 0) is 18.6 Å². The van der Waals surface area contributed by atoms with Crippen molar-refractivity contribution in [1.82, 2.24) is 10.2 Å². The molecule has 6 nitrogen and oxygen atoms in total. The molecule has 2 aliphatic heterocycles. The van der Waals surface area contributed by atoms with Crippen molar-refractivity contribution in [3.8, 4) is 0 Å². The van der Waals surface area contributed by atoms with Crippen LogP contribution in [0.2, 0.25) is 0 Å². The Labute approximate surface area is 126 Å². The maximum absolute atomic E-state index is 13.7. The number of nitrogens with one attached hydrogen (secondary N) is 1. The highest BCUT2D eigenvalue weighted by Gasteiger charge is 2.45. The molecule has 1 unspecified atom stereocenters. The first-order chi connectivity index (χ1) is 10.5. The van der Waals surface area contributed by atoms with E-state index in [0.29, 0.717) is 0 Å². The molecule has 0 saturated carbocycles. The van der Waals surface area contributed by atoms with Crippen LogP contribution >= 0.6 is 0 Å². The minimum atomic E-state index is -1.07. The fourth-order valence-electron chi connectivity index (χ4n) is 2.47. The second-order valence-corrected chi connectivity index (χ2v) is 4.61. The van der Waals surface area contributed by atoms with Crippen molar-refractivity contribution in [2.24, 2.45) is 0 Å². The quantitative estimate of drug-likeness (QED) is 0.792. The zero-order valence-electron chi connectivity index (χ0n) is 12.2. The summed E-state index contributed by atoms with van der Waals surface area (Å²) in [6.07, 6.45) is 0.0873. The van der Waals surface area contributed by atoms with Crippen LogP contribution < -0.4 is 5.32 Å². The number of piperidine rings is 1. The zero-order valence-corrected chi connectivity index (χ0v) is 12.2. The average Bonchev–Trinajstić information content (AvgIpc) is 2.75. The Morgan fingerprint density at radius 2 is 1.82 bits per heavy atom. The number of rotatable bonds is 1. The van der Waals surface area contributed by atoms with E-state index in [1.54, 1.807) is 0 Å². The lowest BCUT2D eigenvalue weighted by Crippen LogP contribution is -2.54. The van der Waals surface area contributed by atoms with Crippen molar-refractivity contribution < 1.29 is 23.6 Å². The summed E-state index contributed by atoms with van der Waals surface area (Å²) < 4.78 is 13.7. The van der Waals surface area contributed by atoms with Crippen molar-refractivity contribution in [2.75, 3.05) is 0 Å². The van der Waals surface area contributed by atoms with Gasteiger partial charge in [0.25, 0.3) is 11.8 Å². The standard InChI is InChI=1S/C13H9FN2O4.C2H6/c14-7-3-1-2-6-10(7)13(20)16(12(6)19)8-4-5-9(17)15-11(8)18;1-2/h1-3,8H,4-5H2,(H,15,17,18);1-2H3. The number of fused-ring (bicyclic) bond motifs is 1. The molecular formula is C15H15FN2O4. The molecule has 116 valence electrons. The number of carbonyl (C=O) groups excluding carboxylic acids is 4. The predicted octanol–water partition coefficient (Wildman–Crippen LogP) is 1.25. The number of imide groups is 2. The second kappa shape index (κ2) is 6.05. The predicted molar refractivity (Wildman–Crippen MR) is 74.4 cm³/mol. The van der Waals surface area contributed by atoms with Crippen LogP contribution in [0.4, 0.5) is 4.39 Å². The summed E-state index contributed by atoms with van der Waals surface area (Å²) >= 11 is 0. The number of benzene rings is 1. The van der Waals surface area contributed by atoms with E-state index in [-0.39, 0.29) is 24.0 Å². The van der Waals surface area contributed by atoms with Gasteiger partial charge in [0.05, 0.1) is 11.1 Å². The van der Waals surface area contributed by atoms with Gasteiger partial charge in [-0.15, -0.1) is 0 Å². The number of halogens is 1. The first-order valence-corrected chi connectivity index (χ1v) is 7.01. The first kappa shape index (κ1) is 15.8. The van der Waals surface area contributed by atoms with Gasteiger partial charge in [-0.1, -0.05) is 19.9 Å². The summed E-state index contributed by atoms with van der Waals surface area (Å²) in [5, 5.41) is 2.07. The molecule has 1 fully saturated rings. The Hall–Kier alpha value is -2.57. The molecule has 0 aromatic heterocycles.